The first-order chi connectivity index (χ1) is 27.0. The van der Waals surface area contributed by atoms with Crippen LogP contribution in [0.15, 0.2) is 204 Å². The monoisotopic (exact) mass is 712 g/mol. The van der Waals surface area contributed by atoms with Crippen molar-refractivity contribution in [2.45, 2.75) is 38.6 Å². The van der Waals surface area contributed by atoms with Crippen LogP contribution >= 0.6 is 0 Å². The average molecular weight is 713 g/mol. The van der Waals surface area contributed by atoms with E-state index in [0.717, 1.165) is 64.3 Å². The summed E-state index contributed by atoms with van der Waals surface area (Å²) in [7, 11) is 0. The molecular weight excluding hydrogens is 669 g/mol. The molecule has 1 aliphatic heterocycles. The Morgan fingerprint density at radius 2 is 1.24 bits per heavy atom. The van der Waals surface area contributed by atoms with Gasteiger partial charge in [0.2, 0.25) is 5.96 Å². The van der Waals surface area contributed by atoms with E-state index in [0.29, 0.717) is 0 Å². The van der Waals surface area contributed by atoms with E-state index in [-0.39, 0.29) is 0 Å². The average Bonchev–Trinajstić information content (AvgIpc) is 3.77. The van der Waals surface area contributed by atoms with Gasteiger partial charge in [-0.15, -0.1) is 0 Å². The molecule has 0 saturated carbocycles. The molecule has 1 aliphatic carbocycles. The number of allylic oxidation sites excluding steroid dienone is 9. The summed E-state index contributed by atoms with van der Waals surface area (Å²) in [5.74, 6) is 1.73. The molecule has 0 saturated heterocycles. The third-order valence-corrected chi connectivity index (χ3v) is 11.0. The molecule has 2 aromatic heterocycles. The fraction of sp³-hybridized carbons (Fsp3) is 0.118. The fourth-order valence-corrected chi connectivity index (χ4v) is 8.25. The van der Waals surface area contributed by atoms with E-state index in [1.54, 1.807) is 0 Å². The smallest absolute Gasteiger partial charge is 0.210 e. The molecule has 4 nitrogen and oxygen atoms in total. The molecule has 2 aliphatic rings. The van der Waals surface area contributed by atoms with Crippen LogP contribution in [-0.4, -0.2) is 20.6 Å². The fourth-order valence-electron chi connectivity index (χ4n) is 8.25. The van der Waals surface area contributed by atoms with Gasteiger partial charge in [0.1, 0.15) is 11.4 Å². The van der Waals surface area contributed by atoms with Crippen molar-refractivity contribution in [3.8, 4) is 0 Å². The maximum Gasteiger partial charge on any atom is 0.210 e. The van der Waals surface area contributed by atoms with Crippen LogP contribution in [-0.2, 0) is 0 Å². The first-order valence-electron chi connectivity index (χ1n) is 19.3. The molecule has 0 radical (unpaired) electrons. The third-order valence-electron chi connectivity index (χ3n) is 11.0. The Bertz CT molecular complexity index is 2610. The molecule has 7 aromatic rings. The SMILES string of the molecule is C=C(/C=C\C=C/C)/C1=C/C(C2(C)C=C(n3c4ccccc4c4ccccc43)NC(n3c4ccccc4c4ccccc43)=N2)=C\C(c2ccccc2)=C\CCC1. The highest BCUT2D eigenvalue weighted by Crippen LogP contribution is 2.39. The first-order valence-corrected chi connectivity index (χ1v) is 19.3. The van der Waals surface area contributed by atoms with Gasteiger partial charge in [0.15, 0.2) is 0 Å². The van der Waals surface area contributed by atoms with Gasteiger partial charge in [-0.1, -0.05) is 146 Å². The van der Waals surface area contributed by atoms with E-state index in [4.69, 9.17) is 4.99 Å². The lowest BCUT2D eigenvalue weighted by molar-refractivity contribution is 0.676. The van der Waals surface area contributed by atoms with E-state index in [1.165, 1.54) is 38.3 Å². The molecule has 55 heavy (non-hydrogen) atoms. The Morgan fingerprint density at radius 3 is 1.82 bits per heavy atom. The molecule has 268 valence electrons. The molecule has 5 aromatic carbocycles. The lowest BCUT2D eigenvalue weighted by Crippen LogP contribution is -2.41. The van der Waals surface area contributed by atoms with Crippen LogP contribution in [0.1, 0.15) is 38.7 Å². The number of aliphatic imine (C=N–C) groups is 1. The Morgan fingerprint density at radius 1 is 0.691 bits per heavy atom. The number of rotatable bonds is 6. The van der Waals surface area contributed by atoms with Gasteiger partial charge < -0.3 is 5.32 Å². The standard InChI is InChI=1S/C51H44N4/c1-4-5-7-20-36(2)38-23-10-11-24-39(37-21-8-6-9-22-37)34-40(33-38)51(3)35-49(54-45-29-16-12-25-41(45)42-26-13-17-30-46(42)54)52-50(53-51)55-47-31-18-14-27-43(47)44-28-15-19-32-48(44)55/h4-9,12-22,24-35H,2,10-11,23H2,1,3H3,(H,52,53)/b5-4-,20-7-,38-33+,39-24-,40-34+. The molecule has 1 N–H and O–H groups in total. The van der Waals surface area contributed by atoms with Gasteiger partial charge in [-0.2, -0.15) is 0 Å². The topological polar surface area (TPSA) is 34.2 Å². The van der Waals surface area contributed by atoms with Crippen molar-refractivity contribution in [3.05, 3.63) is 205 Å². The van der Waals surface area contributed by atoms with Gasteiger partial charge in [-0.3, -0.25) is 9.13 Å². The Balaban J connectivity index is 1.35. The molecule has 4 heteroatoms. The van der Waals surface area contributed by atoms with Crippen LogP contribution in [0.25, 0.3) is 55.0 Å². The third kappa shape index (κ3) is 6.20. The van der Waals surface area contributed by atoms with Gasteiger partial charge in [0, 0.05) is 21.5 Å². The van der Waals surface area contributed by atoms with Gasteiger partial charge >= 0.3 is 0 Å². The molecule has 1 unspecified atom stereocenters. The lowest BCUT2D eigenvalue weighted by Gasteiger charge is -2.33. The number of para-hydroxylation sites is 4. The van der Waals surface area contributed by atoms with Gasteiger partial charge in [0.05, 0.1) is 22.1 Å². The van der Waals surface area contributed by atoms with Gasteiger partial charge in [-0.05, 0) is 97.4 Å². The molecule has 9 rings (SSSR count). The van der Waals surface area contributed by atoms with Crippen LogP contribution in [0.5, 0.6) is 0 Å². The van der Waals surface area contributed by atoms with Gasteiger partial charge in [-0.25, -0.2) is 4.99 Å². The number of benzene rings is 5. The summed E-state index contributed by atoms with van der Waals surface area (Å²) >= 11 is 0. The van der Waals surface area contributed by atoms with E-state index < -0.39 is 5.54 Å². The van der Waals surface area contributed by atoms with Crippen molar-refractivity contribution in [1.29, 1.82) is 0 Å². The van der Waals surface area contributed by atoms with Gasteiger partial charge in [0.25, 0.3) is 0 Å². The largest absolute Gasteiger partial charge is 0.311 e. The second kappa shape index (κ2) is 14.3. The number of aromatic nitrogens is 2. The predicted octanol–water partition coefficient (Wildman–Crippen LogP) is 12.8. The van der Waals surface area contributed by atoms with Crippen molar-refractivity contribution >= 4 is 61.0 Å². The maximum absolute atomic E-state index is 5.78. The highest BCUT2D eigenvalue weighted by Gasteiger charge is 2.34. The summed E-state index contributed by atoms with van der Waals surface area (Å²) in [5, 5.41) is 8.73. The molecule has 3 heterocycles. The Kier molecular flexibility index (Phi) is 8.87. The molecule has 0 spiro atoms. The zero-order chi connectivity index (χ0) is 37.4. The summed E-state index contributed by atoms with van der Waals surface area (Å²) in [4.78, 5) is 5.78. The number of hydrogen-bond donors (Lipinski definition) is 1. The Labute approximate surface area is 322 Å². The van der Waals surface area contributed by atoms with Crippen molar-refractivity contribution in [3.63, 3.8) is 0 Å². The highest BCUT2D eigenvalue weighted by atomic mass is 15.3. The van der Waals surface area contributed by atoms with Crippen LogP contribution in [0, 0.1) is 0 Å². The second-order valence-electron chi connectivity index (χ2n) is 14.6. The summed E-state index contributed by atoms with van der Waals surface area (Å²) in [6.07, 6.45) is 20.7. The number of hydrogen-bond acceptors (Lipinski definition) is 2. The normalized spacial score (nSPS) is 20.9. The van der Waals surface area contributed by atoms with E-state index in [1.807, 2.05) is 13.0 Å². The summed E-state index contributed by atoms with van der Waals surface area (Å²) in [5.41, 5.74) is 9.41. The Hall–Kier alpha value is -6.65. The van der Waals surface area contributed by atoms with Crippen LogP contribution < -0.4 is 5.32 Å². The minimum absolute atomic E-state index is 0.770. The van der Waals surface area contributed by atoms with Crippen LogP contribution in [0.4, 0.5) is 0 Å². The minimum atomic E-state index is -0.800. The zero-order valence-corrected chi connectivity index (χ0v) is 31.4. The molecule has 0 amide bonds. The second-order valence-corrected chi connectivity index (χ2v) is 14.6. The van der Waals surface area contributed by atoms with E-state index in [2.05, 4.69) is 198 Å². The number of nitrogens with zero attached hydrogens (tertiary/aromatic N) is 3. The van der Waals surface area contributed by atoms with Crippen LogP contribution in [0.2, 0.25) is 0 Å². The van der Waals surface area contributed by atoms with Crippen molar-refractivity contribution in [2.24, 2.45) is 4.99 Å². The number of nitrogens with one attached hydrogen (secondary N) is 1. The van der Waals surface area contributed by atoms with E-state index >= 15 is 0 Å². The zero-order valence-electron chi connectivity index (χ0n) is 31.4. The van der Waals surface area contributed by atoms with E-state index in [9.17, 15) is 0 Å². The minimum Gasteiger partial charge on any atom is -0.311 e. The van der Waals surface area contributed by atoms with Crippen molar-refractivity contribution in [1.82, 2.24) is 14.5 Å². The molecular formula is C51H44N4. The van der Waals surface area contributed by atoms with Crippen LogP contribution in [0.3, 0.4) is 0 Å². The maximum atomic E-state index is 5.78. The summed E-state index contributed by atoms with van der Waals surface area (Å²) in [6.45, 7) is 8.87. The first kappa shape index (κ1) is 34.1. The summed E-state index contributed by atoms with van der Waals surface area (Å²) in [6, 6.07) is 45.4. The number of fused-ring (bicyclic) bond motifs is 6. The quantitative estimate of drug-likeness (QED) is 0.171. The lowest BCUT2D eigenvalue weighted by atomic mass is 9.85. The molecule has 0 fully saturated rings. The predicted molar refractivity (Wildman–Crippen MR) is 235 cm³/mol. The highest BCUT2D eigenvalue weighted by molar-refractivity contribution is 6.16. The van der Waals surface area contributed by atoms with Crippen molar-refractivity contribution in [2.75, 3.05) is 0 Å². The molecule has 0 bridgehead atoms. The summed E-state index contributed by atoms with van der Waals surface area (Å²) < 4.78 is 4.68. The van der Waals surface area contributed by atoms with Crippen molar-refractivity contribution < 1.29 is 0 Å². The molecule has 1 atom stereocenters.